The van der Waals surface area contributed by atoms with Crippen LogP contribution in [0, 0.1) is 12.3 Å². The summed E-state index contributed by atoms with van der Waals surface area (Å²) in [5.74, 6) is 0.0921. The number of rotatable bonds is 3. The van der Waals surface area contributed by atoms with Crippen LogP contribution < -0.4 is 0 Å². The van der Waals surface area contributed by atoms with Gasteiger partial charge in [-0.25, -0.2) is 0 Å². The topological polar surface area (TPSA) is 49.6 Å². The first kappa shape index (κ1) is 14.5. The average molecular weight is 311 g/mol. The number of aromatic nitrogens is 1. The van der Waals surface area contributed by atoms with E-state index in [1.54, 1.807) is 12.3 Å². The molecule has 2 aromatic heterocycles. The highest BCUT2D eigenvalue weighted by Crippen LogP contribution is 2.40. The van der Waals surface area contributed by atoms with Crippen molar-refractivity contribution in [2.24, 2.45) is 5.41 Å². The van der Waals surface area contributed by atoms with Crippen molar-refractivity contribution in [2.75, 3.05) is 26.2 Å². The number of hydrogen-bond acceptors (Lipinski definition) is 4. The van der Waals surface area contributed by atoms with Crippen LogP contribution in [0.1, 0.15) is 28.2 Å². The van der Waals surface area contributed by atoms with Gasteiger partial charge < -0.3 is 9.32 Å². The predicted octanol–water partition coefficient (Wildman–Crippen LogP) is 2.33. The van der Waals surface area contributed by atoms with E-state index in [4.69, 9.17) is 4.42 Å². The van der Waals surface area contributed by atoms with Gasteiger partial charge in [0.15, 0.2) is 0 Å². The fourth-order valence-corrected chi connectivity index (χ4v) is 3.87. The Morgan fingerprint density at radius 3 is 2.91 bits per heavy atom. The van der Waals surface area contributed by atoms with E-state index in [1.807, 2.05) is 17.9 Å². The summed E-state index contributed by atoms with van der Waals surface area (Å²) in [7, 11) is 0. The molecule has 1 spiro atoms. The van der Waals surface area contributed by atoms with Crippen molar-refractivity contribution in [3.05, 3.63) is 53.7 Å². The molecule has 5 heteroatoms. The van der Waals surface area contributed by atoms with Crippen LogP contribution in [0.2, 0.25) is 0 Å². The Balaban J connectivity index is 1.34. The molecule has 0 saturated carbocycles. The van der Waals surface area contributed by atoms with Gasteiger partial charge in [0.1, 0.15) is 6.26 Å². The lowest BCUT2D eigenvalue weighted by Gasteiger charge is -2.48. The summed E-state index contributed by atoms with van der Waals surface area (Å²) >= 11 is 0. The van der Waals surface area contributed by atoms with E-state index in [1.165, 1.54) is 6.26 Å². The van der Waals surface area contributed by atoms with Crippen LogP contribution in [-0.2, 0) is 6.54 Å². The second kappa shape index (κ2) is 5.49. The maximum Gasteiger partial charge on any atom is 0.257 e. The quantitative estimate of drug-likeness (QED) is 0.873. The van der Waals surface area contributed by atoms with Crippen LogP contribution in [0.4, 0.5) is 0 Å². The molecule has 0 unspecified atom stereocenters. The van der Waals surface area contributed by atoms with Gasteiger partial charge in [0.2, 0.25) is 0 Å². The highest BCUT2D eigenvalue weighted by atomic mass is 16.3. The summed E-state index contributed by atoms with van der Waals surface area (Å²) in [5.41, 5.74) is 3.13. The zero-order chi connectivity index (χ0) is 15.9. The summed E-state index contributed by atoms with van der Waals surface area (Å²) in [6.07, 6.45) is 4.18. The number of carbonyl (C=O) groups is 1. The highest BCUT2D eigenvalue weighted by Gasteiger charge is 2.48. The van der Waals surface area contributed by atoms with E-state index in [0.29, 0.717) is 5.56 Å². The minimum atomic E-state index is 0.0921. The van der Waals surface area contributed by atoms with Gasteiger partial charge in [-0.15, -0.1) is 0 Å². The molecule has 0 aliphatic carbocycles. The summed E-state index contributed by atoms with van der Waals surface area (Å²) in [4.78, 5) is 21.3. The van der Waals surface area contributed by atoms with E-state index in [2.05, 4.69) is 22.0 Å². The Morgan fingerprint density at radius 1 is 1.30 bits per heavy atom. The number of carbonyl (C=O) groups excluding carboxylic acids is 1. The van der Waals surface area contributed by atoms with Crippen LogP contribution in [0.25, 0.3) is 0 Å². The summed E-state index contributed by atoms with van der Waals surface area (Å²) in [5, 5.41) is 0. The molecule has 0 atom stereocenters. The Hall–Kier alpha value is -2.14. The first-order valence-electron chi connectivity index (χ1n) is 8.10. The molecule has 2 saturated heterocycles. The van der Waals surface area contributed by atoms with Gasteiger partial charge in [0, 0.05) is 43.8 Å². The van der Waals surface area contributed by atoms with Gasteiger partial charge in [-0.05, 0) is 31.5 Å². The van der Waals surface area contributed by atoms with Gasteiger partial charge in [-0.3, -0.25) is 14.7 Å². The molecule has 4 rings (SSSR count). The Morgan fingerprint density at radius 2 is 2.17 bits per heavy atom. The Labute approximate surface area is 135 Å². The third kappa shape index (κ3) is 2.77. The molecule has 2 fully saturated rings. The second-order valence-electron chi connectivity index (χ2n) is 6.90. The molecule has 4 heterocycles. The molecule has 0 radical (unpaired) electrons. The van der Waals surface area contributed by atoms with Crippen LogP contribution in [0.5, 0.6) is 0 Å². The zero-order valence-corrected chi connectivity index (χ0v) is 13.4. The molecular formula is C18H21N3O2. The molecule has 0 aromatic carbocycles. The number of nitrogens with zero attached hydrogens (tertiary/aromatic N) is 3. The van der Waals surface area contributed by atoms with Gasteiger partial charge in [-0.1, -0.05) is 6.07 Å². The van der Waals surface area contributed by atoms with Crippen molar-refractivity contribution in [3.63, 3.8) is 0 Å². The molecule has 2 aromatic rings. The van der Waals surface area contributed by atoms with Gasteiger partial charge in [0.05, 0.1) is 17.5 Å². The van der Waals surface area contributed by atoms with Crippen molar-refractivity contribution < 1.29 is 9.21 Å². The van der Waals surface area contributed by atoms with Gasteiger partial charge in [0.25, 0.3) is 5.91 Å². The fourth-order valence-electron chi connectivity index (χ4n) is 3.87. The molecule has 0 bridgehead atoms. The SMILES string of the molecule is Cc1cccc(CN2CC3(CCN(C(=O)c4ccoc4)C3)C2)n1. The van der Waals surface area contributed by atoms with Crippen molar-refractivity contribution in [1.29, 1.82) is 0 Å². The number of pyridine rings is 1. The number of aryl methyl sites for hydroxylation is 1. The lowest BCUT2D eigenvalue weighted by atomic mass is 9.79. The van der Waals surface area contributed by atoms with Crippen molar-refractivity contribution >= 4 is 5.91 Å². The molecule has 2 aliphatic rings. The summed E-state index contributed by atoms with van der Waals surface area (Å²) in [6, 6.07) is 7.91. The standard InChI is InChI=1S/C18H21N3O2/c1-14-3-2-4-16(19-14)9-20-11-18(12-20)6-7-21(13-18)17(22)15-5-8-23-10-15/h2-5,8,10H,6-7,9,11-13H2,1H3. The monoisotopic (exact) mass is 311 g/mol. The van der Waals surface area contributed by atoms with Crippen LogP contribution in [-0.4, -0.2) is 46.9 Å². The highest BCUT2D eigenvalue weighted by molar-refractivity contribution is 5.94. The average Bonchev–Trinajstić information content (AvgIpc) is 3.16. The zero-order valence-electron chi connectivity index (χ0n) is 13.4. The molecule has 120 valence electrons. The molecule has 23 heavy (non-hydrogen) atoms. The first-order chi connectivity index (χ1) is 11.1. The molecule has 0 N–H and O–H groups in total. The first-order valence-corrected chi connectivity index (χ1v) is 8.10. The fraction of sp³-hybridized carbons (Fsp3) is 0.444. The van der Waals surface area contributed by atoms with Crippen molar-refractivity contribution in [3.8, 4) is 0 Å². The predicted molar refractivity (Wildman–Crippen MR) is 85.9 cm³/mol. The number of amides is 1. The number of hydrogen-bond donors (Lipinski definition) is 0. The molecular weight excluding hydrogens is 290 g/mol. The lowest BCUT2D eigenvalue weighted by molar-refractivity contribution is 0.00175. The van der Waals surface area contributed by atoms with E-state index in [-0.39, 0.29) is 11.3 Å². The van der Waals surface area contributed by atoms with E-state index < -0.39 is 0 Å². The van der Waals surface area contributed by atoms with Crippen molar-refractivity contribution in [1.82, 2.24) is 14.8 Å². The molecule has 2 aliphatic heterocycles. The van der Waals surface area contributed by atoms with Gasteiger partial charge in [-0.2, -0.15) is 0 Å². The largest absolute Gasteiger partial charge is 0.472 e. The molecule has 5 nitrogen and oxygen atoms in total. The summed E-state index contributed by atoms with van der Waals surface area (Å²) < 4.78 is 5.02. The number of furan rings is 1. The second-order valence-corrected chi connectivity index (χ2v) is 6.90. The van der Waals surface area contributed by atoms with Crippen LogP contribution in [0.15, 0.2) is 41.2 Å². The lowest BCUT2D eigenvalue weighted by Crippen LogP contribution is -2.57. The third-order valence-corrected chi connectivity index (χ3v) is 4.94. The van der Waals surface area contributed by atoms with E-state index in [9.17, 15) is 4.79 Å². The normalized spacial score (nSPS) is 20.0. The third-order valence-electron chi connectivity index (χ3n) is 4.94. The maximum absolute atomic E-state index is 12.4. The van der Waals surface area contributed by atoms with E-state index in [0.717, 1.165) is 50.5 Å². The van der Waals surface area contributed by atoms with Gasteiger partial charge >= 0.3 is 0 Å². The maximum atomic E-state index is 12.4. The number of likely N-dealkylation sites (tertiary alicyclic amines) is 2. The van der Waals surface area contributed by atoms with E-state index >= 15 is 0 Å². The minimum absolute atomic E-state index is 0.0921. The Kier molecular flexibility index (Phi) is 3.45. The van der Waals surface area contributed by atoms with Crippen molar-refractivity contribution in [2.45, 2.75) is 19.9 Å². The molecule has 1 amide bonds. The van der Waals surface area contributed by atoms with Crippen LogP contribution >= 0.6 is 0 Å². The summed E-state index contributed by atoms with van der Waals surface area (Å²) in [6.45, 7) is 6.74. The van der Waals surface area contributed by atoms with Crippen LogP contribution in [0.3, 0.4) is 0 Å². The Bertz CT molecular complexity index is 705. The minimum Gasteiger partial charge on any atom is -0.472 e. The smallest absolute Gasteiger partial charge is 0.257 e.